The Kier molecular flexibility index (Phi) is 4.50. The molecular formula is C16H22FN3O. The minimum atomic E-state index is -0.368. The van der Waals surface area contributed by atoms with Crippen LogP contribution in [0.5, 0.6) is 5.75 Å². The fraction of sp³-hybridized carbons (Fsp3) is 0.438. The molecular weight excluding hydrogens is 269 g/mol. The molecule has 1 unspecified atom stereocenters. The van der Waals surface area contributed by atoms with Crippen LogP contribution in [0.3, 0.4) is 0 Å². The quantitative estimate of drug-likeness (QED) is 0.909. The molecule has 2 rings (SSSR count). The molecule has 0 radical (unpaired) electrons. The third kappa shape index (κ3) is 3.01. The van der Waals surface area contributed by atoms with Gasteiger partial charge >= 0.3 is 0 Å². The van der Waals surface area contributed by atoms with E-state index in [4.69, 9.17) is 4.74 Å². The lowest BCUT2D eigenvalue weighted by atomic mass is 10.1. The van der Waals surface area contributed by atoms with Gasteiger partial charge in [-0.05, 0) is 39.8 Å². The molecule has 1 atom stereocenters. The fourth-order valence-corrected chi connectivity index (χ4v) is 2.72. The minimum Gasteiger partial charge on any atom is -0.494 e. The summed E-state index contributed by atoms with van der Waals surface area (Å²) in [5, 5.41) is 7.84. The molecule has 0 saturated carbocycles. The number of methoxy groups -OCH3 is 1. The van der Waals surface area contributed by atoms with Crippen molar-refractivity contribution < 1.29 is 9.13 Å². The Morgan fingerprint density at radius 1 is 1.38 bits per heavy atom. The SMILES string of the molecule is CCn1nc(C)c(C(C)Nc2ccc(OC)c(F)c2)c1C. The smallest absolute Gasteiger partial charge is 0.167 e. The van der Waals surface area contributed by atoms with E-state index in [0.29, 0.717) is 0 Å². The van der Waals surface area contributed by atoms with Gasteiger partial charge in [-0.1, -0.05) is 0 Å². The molecule has 1 aromatic heterocycles. The van der Waals surface area contributed by atoms with E-state index in [-0.39, 0.29) is 17.6 Å². The Morgan fingerprint density at radius 2 is 2.10 bits per heavy atom. The molecule has 1 aromatic carbocycles. The Bertz CT molecular complexity index is 637. The van der Waals surface area contributed by atoms with Crippen molar-refractivity contribution in [3.8, 4) is 5.75 Å². The minimum absolute atomic E-state index is 0.0538. The molecule has 0 saturated heterocycles. The van der Waals surface area contributed by atoms with E-state index in [0.717, 1.165) is 29.2 Å². The number of nitrogens with zero attached hydrogens (tertiary/aromatic N) is 2. The normalized spacial score (nSPS) is 12.3. The number of hydrogen-bond acceptors (Lipinski definition) is 3. The molecule has 0 fully saturated rings. The summed E-state index contributed by atoms with van der Waals surface area (Å²) in [6, 6.07) is 4.94. The first-order valence-corrected chi connectivity index (χ1v) is 7.11. The molecule has 0 aliphatic carbocycles. The van der Waals surface area contributed by atoms with E-state index in [2.05, 4.69) is 31.2 Å². The second kappa shape index (κ2) is 6.16. The summed E-state index contributed by atoms with van der Waals surface area (Å²) in [6.45, 7) is 9.03. The number of aromatic nitrogens is 2. The molecule has 4 nitrogen and oxygen atoms in total. The van der Waals surface area contributed by atoms with Gasteiger partial charge in [0, 0.05) is 29.6 Å². The van der Waals surface area contributed by atoms with Gasteiger partial charge in [-0.15, -0.1) is 0 Å². The average molecular weight is 291 g/mol. The second-order valence-corrected chi connectivity index (χ2v) is 5.12. The van der Waals surface area contributed by atoms with Crippen molar-refractivity contribution in [2.45, 2.75) is 40.3 Å². The molecule has 0 amide bonds. The molecule has 0 aliphatic rings. The topological polar surface area (TPSA) is 39.1 Å². The largest absolute Gasteiger partial charge is 0.494 e. The summed E-state index contributed by atoms with van der Waals surface area (Å²) >= 11 is 0. The Hall–Kier alpha value is -2.04. The standard InChI is InChI=1S/C16H22FN3O/c1-6-20-12(4)16(11(3)19-20)10(2)18-13-7-8-15(21-5)14(17)9-13/h7-10,18H,6H2,1-5H3. The van der Waals surface area contributed by atoms with Crippen LogP contribution in [0.1, 0.15) is 36.8 Å². The van der Waals surface area contributed by atoms with E-state index in [1.807, 2.05) is 17.7 Å². The zero-order valence-corrected chi connectivity index (χ0v) is 13.2. The van der Waals surface area contributed by atoms with Crippen LogP contribution in [0.2, 0.25) is 0 Å². The third-order valence-electron chi connectivity index (χ3n) is 3.70. The van der Waals surface area contributed by atoms with Crippen LogP contribution >= 0.6 is 0 Å². The molecule has 21 heavy (non-hydrogen) atoms. The summed E-state index contributed by atoms with van der Waals surface area (Å²) in [6.07, 6.45) is 0. The lowest BCUT2D eigenvalue weighted by Gasteiger charge is -2.17. The van der Waals surface area contributed by atoms with Gasteiger partial charge in [0.05, 0.1) is 18.8 Å². The highest BCUT2D eigenvalue weighted by Crippen LogP contribution is 2.27. The molecule has 0 aliphatic heterocycles. The maximum Gasteiger partial charge on any atom is 0.167 e. The van der Waals surface area contributed by atoms with Gasteiger partial charge in [0.15, 0.2) is 11.6 Å². The molecule has 0 spiro atoms. The van der Waals surface area contributed by atoms with E-state index in [1.54, 1.807) is 6.07 Å². The number of aryl methyl sites for hydroxylation is 2. The van der Waals surface area contributed by atoms with Gasteiger partial charge in [-0.3, -0.25) is 4.68 Å². The Labute approximate surface area is 124 Å². The lowest BCUT2D eigenvalue weighted by molar-refractivity contribution is 0.386. The monoisotopic (exact) mass is 291 g/mol. The van der Waals surface area contributed by atoms with Gasteiger partial charge in [-0.25, -0.2) is 4.39 Å². The zero-order chi connectivity index (χ0) is 15.6. The number of nitrogens with one attached hydrogen (secondary N) is 1. The first-order valence-electron chi connectivity index (χ1n) is 7.11. The van der Waals surface area contributed by atoms with Gasteiger partial charge in [-0.2, -0.15) is 5.10 Å². The number of hydrogen-bond donors (Lipinski definition) is 1. The van der Waals surface area contributed by atoms with Gasteiger partial charge < -0.3 is 10.1 Å². The van der Waals surface area contributed by atoms with E-state index >= 15 is 0 Å². The number of halogens is 1. The maximum absolute atomic E-state index is 13.7. The maximum atomic E-state index is 13.7. The van der Waals surface area contributed by atoms with Crippen LogP contribution in [0.15, 0.2) is 18.2 Å². The van der Waals surface area contributed by atoms with Crippen molar-refractivity contribution in [3.05, 3.63) is 41.0 Å². The van der Waals surface area contributed by atoms with Crippen LogP contribution in [0.4, 0.5) is 10.1 Å². The second-order valence-electron chi connectivity index (χ2n) is 5.12. The van der Waals surface area contributed by atoms with Crippen molar-refractivity contribution >= 4 is 5.69 Å². The first-order chi connectivity index (χ1) is 9.97. The molecule has 1 N–H and O–H groups in total. The summed E-state index contributed by atoms with van der Waals surface area (Å²) in [5.74, 6) is -0.119. The Morgan fingerprint density at radius 3 is 2.62 bits per heavy atom. The lowest BCUT2D eigenvalue weighted by Crippen LogP contribution is -2.09. The van der Waals surface area contributed by atoms with E-state index in [9.17, 15) is 4.39 Å². The van der Waals surface area contributed by atoms with Crippen LogP contribution in [0.25, 0.3) is 0 Å². The highest BCUT2D eigenvalue weighted by atomic mass is 19.1. The summed E-state index contributed by atoms with van der Waals surface area (Å²) in [4.78, 5) is 0. The van der Waals surface area contributed by atoms with Crippen LogP contribution in [0, 0.1) is 19.7 Å². The fourth-order valence-electron chi connectivity index (χ4n) is 2.72. The summed E-state index contributed by atoms with van der Waals surface area (Å²) in [5.41, 5.74) is 4.03. The highest BCUT2D eigenvalue weighted by Gasteiger charge is 2.17. The molecule has 114 valence electrons. The molecule has 1 heterocycles. The Balaban J connectivity index is 2.24. The highest BCUT2D eigenvalue weighted by molar-refractivity contribution is 5.49. The summed E-state index contributed by atoms with van der Waals surface area (Å²) < 4.78 is 20.7. The van der Waals surface area contributed by atoms with Crippen LogP contribution in [-0.4, -0.2) is 16.9 Å². The van der Waals surface area contributed by atoms with Crippen molar-refractivity contribution in [2.75, 3.05) is 12.4 Å². The van der Waals surface area contributed by atoms with Crippen LogP contribution in [-0.2, 0) is 6.54 Å². The van der Waals surface area contributed by atoms with Crippen molar-refractivity contribution in [3.63, 3.8) is 0 Å². The number of anilines is 1. The third-order valence-corrected chi connectivity index (χ3v) is 3.70. The predicted molar refractivity (Wildman–Crippen MR) is 82.4 cm³/mol. The predicted octanol–water partition coefficient (Wildman–Crippen LogP) is 3.84. The number of benzene rings is 1. The number of rotatable bonds is 5. The van der Waals surface area contributed by atoms with Gasteiger partial charge in [0.25, 0.3) is 0 Å². The van der Waals surface area contributed by atoms with Gasteiger partial charge in [0.1, 0.15) is 0 Å². The average Bonchev–Trinajstić information content (AvgIpc) is 2.73. The van der Waals surface area contributed by atoms with Crippen LogP contribution < -0.4 is 10.1 Å². The van der Waals surface area contributed by atoms with Crippen molar-refractivity contribution in [1.29, 1.82) is 0 Å². The molecule has 0 bridgehead atoms. The number of ether oxygens (including phenoxy) is 1. The van der Waals surface area contributed by atoms with Crippen molar-refractivity contribution in [1.82, 2.24) is 9.78 Å². The first kappa shape index (κ1) is 15.4. The van der Waals surface area contributed by atoms with E-state index < -0.39 is 0 Å². The summed E-state index contributed by atoms with van der Waals surface area (Å²) in [7, 11) is 1.46. The van der Waals surface area contributed by atoms with Gasteiger partial charge in [0.2, 0.25) is 0 Å². The zero-order valence-electron chi connectivity index (χ0n) is 13.2. The molecule has 5 heteroatoms. The molecule has 2 aromatic rings. The van der Waals surface area contributed by atoms with Crippen molar-refractivity contribution in [2.24, 2.45) is 0 Å². The van der Waals surface area contributed by atoms with E-state index in [1.165, 1.54) is 13.2 Å².